The van der Waals surface area contributed by atoms with Crippen LogP contribution in [0.15, 0.2) is 11.6 Å². The van der Waals surface area contributed by atoms with Gasteiger partial charge in [-0.2, -0.15) is 0 Å². The number of rotatable bonds is 14. The summed E-state index contributed by atoms with van der Waals surface area (Å²) >= 11 is 0. The average Bonchev–Trinajstić information content (AvgIpc) is 3.30. The lowest BCUT2D eigenvalue weighted by Crippen LogP contribution is -2.51. The minimum absolute atomic E-state index is 0.0400. The van der Waals surface area contributed by atoms with Crippen LogP contribution < -0.4 is 16.8 Å². The van der Waals surface area contributed by atoms with E-state index < -0.39 is 0 Å². The van der Waals surface area contributed by atoms with Crippen LogP contribution in [-0.2, 0) is 14.3 Å². The molecule has 0 aromatic rings. The van der Waals surface area contributed by atoms with Gasteiger partial charge in [0.2, 0.25) is 5.91 Å². The van der Waals surface area contributed by atoms with Crippen LogP contribution in [0.25, 0.3) is 0 Å². The summed E-state index contributed by atoms with van der Waals surface area (Å²) in [7, 11) is 0. The molecule has 1 amide bonds. The number of carbonyl (C=O) groups excluding carboxylic acids is 2. The van der Waals surface area contributed by atoms with Crippen molar-refractivity contribution in [2.75, 3.05) is 19.6 Å². The Morgan fingerprint density at radius 2 is 1.79 bits per heavy atom. The summed E-state index contributed by atoms with van der Waals surface area (Å²) in [5.74, 6) is 4.46. The summed E-state index contributed by atoms with van der Waals surface area (Å²) in [4.78, 5) is 25.1. The molecule has 4 aliphatic carbocycles. The number of allylic oxidation sites excluding steroid dienone is 1. The largest absolute Gasteiger partial charge is 0.462 e. The van der Waals surface area contributed by atoms with Crippen molar-refractivity contribution in [2.24, 2.45) is 63.7 Å². The topological polar surface area (TPSA) is 107 Å². The van der Waals surface area contributed by atoms with Gasteiger partial charge in [0.15, 0.2) is 0 Å². The fraction of sp³-hybridized carbons (Fsp3) is 0.889. The van der Waals surface area contributed by atoms with E-state index in [0.717, 1.165) is 61.2 Å². The number of hydrogen-bond acceptors (Lipinski definition) is 5. The first-order valence-corrected chi connectivity index (χ1v) is 17.6. The van der Waals surface area contributed by atoms with Crippen molar-refractivity contribution in [3.63, 3.8) is 0 Å². The van der Waals surface area contributed by atoms with E-state index in [9.17, 15) is 9.59 Å². The van der Waals surface area contributed by atoms with Crippen LogP contribution in [0.2, 0.25) is 0 Å². The number of nitrogens with two attached hydrogens (primary N) is 2. The Kier molecular flexibility index (Phi) is 11.6. The lowest BCUT2D eigenvalue weighted by molar-refractivity contribution is -0.151. The molecule has 6 heteroatoms. The first kappa shape index (κ1) is 33.5. The molecule has 42 heavy (non-hydrogen) atoms. The molecule has 3 saturated carbocycles. The van der Waals surface area contributed by atoms with Crippen LogP contribution in [-0.4, -0.2) is 37.6 Å². The van der Waals surface area contributed by atoms with Gasteiger partial charge in [0, 0.05) is 19.5 Å². The Hall–Kier alpha value is -1.40. The van der Waals surface area contributed by atoms with Crippen molar-refractivity contribution in [3.05, 3.63) is 11.6 Å². The van der Waals surface area contributed by atoms with Gasteiger partial charge in [-0.1, -0.05) is 65.5 Å². The second-order valence-corrected chi connectivity index (χ2v) is 15.5. The zero-order valence-corrected chi connectivity index (χ0v) is 27.6. The second-order valence-electron chi connectivity index (χ2n) is 15.5. The highest BCUT2D eigenvalue weighted by atomic mass is 16.5. The third-order valence-electron chi connectivity index (χ3n) is 12.6. The quantitative estimate of drug-likeness (QED) is 0.154. The van der Waals surface area contributed by atoms with Crippen molar-refractivity contribution >= 4 is 11.9 Å². The fourth-order valence-electron chi connectivity index (χ4n) is 10.1. The minimum atomic E-state index is -0.242. The van der Waals surface area contributed by atoms with Gasteiger partial charge in [-0.3, -0.25) is 9.59 Å². The SMILES string of the molecule is CC(C)CCC[C@@H](C)[C@H]1CCC2C3CC=C4CC(OC(=O)CCNC(=O)C(CN)CCCN)CC[C@]4(C)C3CC[C@@]21C. The van der Waals surface area contributed by atoms with Crippen LogP contribution in [0, 0.1) is 52.3 Å². The molecule has 5 N–H and O–H groups in total. The molecule has 0 aromatic heterocycles. The van der Waals surface area contributed by atoms with Crippen LogP contribution in [0.4, 0.5) is 0 Å². The predicted molar refractivity (Wildman–Crippen MR) is 171 cm³/mol. The van der Waals surface area contributed by atoms with E-state index in [-0.39, 0.29) is 35.7 Å². The van der Waals surface area contributed by atoms with E-state index >= 15 is 0 Å². The molecule has 0 bridgehead atoms. The normalized spacial score (nSPS) is 35.4. The van der Waals surface area contributed by atoms with Gasteiger partial charge < -0.3 is 21.5 Å². The van der Waals surface area contributed by atoms with E-state index in [1.54, 1.807) is 5.57 Å². The fourth-order valence-corrected chi connectivity index (χ4v) is 10.1. The number of amides is 1. The predicted octanol–water partition coefficient (Wildman–Crippen LogP) is 6.76. The van der Waals surface area contributed by atoms with Gasteiger partial charge in [-0.05, 0) is 111 Å². The molecule has 0 aliphatic heterocycles. The highest BCUT2D eigenvalue weighted by Gasteiger charge is 2.59. The zero-order chi connectivity index (χ0) is 30.5. The van der Waals surface area contributed by atoms with Crippen molar-refractivity contribution < 1.29 is 14.3 Å². The summed E-state index contributed by atoms with van der Waals surface area (Å²) in [5, 5.41) is 2.87. The summed E-state index contributed by atoms with van der Waals surface area (Å²) in [6.07, 6.45) is 18.1. The maximum Gasteiger partial charge on any atom is 0.307 e. The summed E-state index contributed by atoms with van der Waals surface area (Å²) in [6.45, 7) is 13.6. The van der Waals surface area contributed by atoms with Gasteiger partial charge >= 0.3 is 5.97 Å². The van der Waals surface area contributed by atoms with Gasteiger partial charge in [-0.25, -0.2) is 0 Å². The van der Waals surface area contributed by atoms with Gasteiger partial charge in [0.05, 0.1) is 12.3 Å². The number of hydrogen-bond donors (Lipinski definition) is 3. The average molecular weight is 586 g/mol. The zero-order valence-electron chi connectivity index (χ0n) is 27.6. The molecule has 0 saturated heterocycles. The van der Waals surface area contributed by atoms with E-state index in [0.29, 0.717) is 31.5 Å². The third kappa shape index (κ3) is 7.28. The Labute approximate surface area is 256 Å². The Bertz CT molecular complexity index is 949. The Morgan fingerprint density at radius 3 is 2.50 bits per heavy atom. The highest BCUT2D eigenvalue weighted by molar-refractivity contribution is 5.79. The molecule has 4 aliphatic rings. The molecular weight excluding hydrogens is 522 g/mol. The van der Waals surface area contributed by atoms with E-state index in [2.05, 4.69) is 46.0 Å². The smallest absolute Gasteiger partial charge is 0.307 e. The second kappa shape index (κ2) is 14.6. The van der Waals surface area contributed by atoms with Crippen LogP contribution in [0.5, 0.6) is 0 Å². The summed E-state index contributed by atoms with van der Waals surface area (Å²) in [5.41, 5.74) is 13.6. The molecule has 3 fully saturated rings. The molecule has 0 spiro atoms. The number of nitrogens with one attached hydrogen (secondary N) is 1. The molecule has 0 aromatic carbocycles. The van der Waals surface area contributed by atoms with Crippen LogP contribution >= 0.6 is 0 Å². The Balaban J connectivity index is 1.29. The number of carbonyl (C=O) groups is 2. The molecule has 0 radical (unpaired) electrons. The first-order valence-electron chi connectivity index (χ1n) is 17.6. The first-order chi connectivity index (χ1) is 20.0. The lowest BCUT2D eigenvalue weighted by Gasteiger charge is -2.58. The van der Waals surface area contributed by atoms with E-state index in [4.69, 9.17) is 16.2 Å². The molecule has 6 nitrogen and oxygen atoms in total. The van der Waals surface area contributed by atoms with E-state index in [1.165, 1.54) is 51.4 Å². The number of esters is 1. The maximum absolute atomic E-state index is 12.7. The standard InChI is InChI=1S/C36H63N3O3/c1-24(2)8-6-9-25(3)30-13-14-31-29-12-11-27-22-28(15-18-35(27,4)32(29)16-19-36(30,31)5)42-33(40)17-21-39-34(41)26(23-38)10-7-20-37/h11,24-26,28-32H,6-10,12-23,37-38H2,1-5H3,(H,39,41)/t25-,26?,28?,29?,30-,31?,32?,35+,36-/m1/s1. The Morgan fingerprint density at radius 1 is 1.00 bits per heavy atom. The van der Waals surface area contributed by atoms with Crippen LogP contribution in [0.3, 0.4) is 0 Å². The summed E-state index contributed by atoms with van der Waals surface area (Å²) < 4.78 is 5.96. The summed E-state index contributed by atoms with van der Waals surface area (Å²) in [6, 6.07) is 0. The number of ether oxygens (including phenoxy) is 1. The number of fused-ring (bicyclic) bond motifs is 5. The van der Waals surface area contributed by atoms with Crippen molar-refractivity contribution in [1.29, 1.82) is 0 Å². The van der Waals surface area contributed by atoms with Crippen molar-refractivity contribution in [3.8, 4) is 0 Å². The molecule has 9 atom stereocenters. The van der Waals surface area contributed by atoms with Gasteiger partial charge in [0.1, 0.15) is 6.10 Å². The molecule has 240 valence electrons. The van der Waals surface area contributed by atoms with Gasteiger partial charge in [0.25, 0.3) is 0 Å². The van der Waals surface area contributed by atoms with Crippen molar-refractivity contribution in [2.45, 2.75) is 131 Å². The monoisotopic (exact) mass is 585 g/mol. The highest BCUT2D eigenvalue weighted by Crippen LogP contribution is 2.67. The molecule has 4 rings (SSSR count). The molecular formula is C36H63N3O3. The lowest BCUT2D eigenvalue weighted by atomic mass is 9.47. The maximum atomic E-state index is 12.7. The third-order valence-corrected chi connectivity index (χ3v) is 12.6. The van der Waals surface area contributed by atoms with Gasteiger partial charge in [-0.15, -0.1) is 0 Å². The molecule has 5 unspecified atom stereocenters. The van der Waals surface area contributed by atoms with Crippen molar-refractivity contribution in [1.82, 2.24) is 5.32 Å². The minimum Gasteiger partial charge on any atom is -0.462 e. The van der Waals surface area contributed by atoms with Crippen LogP contribution in [0.1, 0.15) is 125 Å². The van der Waals surface area contributed by atoms with E-state index in [1.807, 2.05) is 0 Å². The molecule has 0 heterocycles.